The number of nitrogens with zero attached hydrogens (tertiary/aromatic N) is 2. The highest BCUT2D eigenvalue weighted by Crippen LogP contribution is 2.41. The first-order valence-electron chi connectivity index (χ1n) is 11.7. The van der Waals surface area contributed by atoms with Crippen LogP contribution in [0.25, 0.3) is 11.0 Å². The van der Waals surface area contributed by atoms with Crippen LogP contribution in [0.5, 0.6) is 0 Å². The molecule has 0 amide bonds. The molecule has 1 aliphatic carbocycles. The van der Waals surface area contributed by atoms with E-state index in [1.807, 2.05) is 0 Å². The maximum Gasteiger partial charge on any atom is 0.167 e. The smallest absolute Gasteiger partial charge is 0.167 e. The van der Waals surface area contributed by atoms with Gasteiger partial charge in [0, 0.05) is 17.3 Å². The van der Waals surface area contributed by atoms with E-state index in [2.05, 4.69) is 69.8 Å². The lowest BCUT2D eigenvalue weighted by Crippen LogP contribution is -2.40. The van der Waals surface area contributed by atoms with Gasteiger partial charge in [-0.3, -0.25) is 0 Å². The zero-order valence-electron chi connectivity index (χ0n) is 19.4. The highest BCUT2D eigenvalue weighted by atomic mass is 16.5. The Morgan fingerprint density at radius 2 is 1.72 bits per heavy atom. The van der Waals surface area contributed by atoms with Crippen molar-refractivity contribution in [2.45, 2.75) is 85.0 Å². The molecule has 0 bridgehead atoms. The van der Waals surface area contributed by atoms with E-state index in [0.29, 0.717) is 11.3 Å². The molecule has 1 aliphatic heterocycles. The summed E-state index contributed by atoms with van der Waals surface area (Å²) in [7, 11) is 0. The molecule has 2 aromatic rings. The average Bonchev–Trinajstić information content (AvgIpc) is 3.27. The largest absolute Gasteiger partial charge is 0.356 e. The number of rotatable bonds is 3. The molecule has 1 unspecified atom stereocenters. The van der Waals surface area contributed by atoms with Crippen LogP contribution >= 0.6 is 0 Å². The van der Waals surface area contributed by atoms with Gasteiger partial charge in [0.1, 0.15) is 0 Å². The molecule has 1 aromatic heterocycles. The zero-order valence-corrected chi connectivity index (χ0v) is 19.4. The topological polar surface area (TPSA) is 29.3 Å². The number of fused-ring (bicyclic) bond motifs is 1. The minimum atomic E-state index is 0.0195. The Morgan fingerprint density at radius 3 is 2.38 bits per heavy atom. The van der Waals surface area contributed by atoms with Crippen molar-refractivity contribution in [3.8, 4) is 0 Å². The molecule has 2 aliphatic rings. The number of aromatic nitrogens is 1. The molecule has 0 N–H and O–H groups in total. The Balaban J connectivity index is 1.35. The highest BCUT2D eigenvalue weighted by Gasteiger charge is 2.32. The summed E-state index contributed by atoms with van der Waals surface area (Å²) in [6.07, 6.45) is 6.75. The Morgan fingerprint density at radius 1 is 1.00 bits per heavy atom. The molecular weight excluding hydrogens is 356 g/mol. The quantitative estimate of drug-likeness (QED) is 0.573. The molecule has 1 aromatic carbocycles. The van der Waals surface area contributed by atoms with Crippen molar-refractivity contribution < 1.29 is 4.52 Å². The fraction of sp³-hybridized carbons (Fsp3) is 0.731. The highest BCUT2D eigenvalue weighted by molar-refractivity contribution is 5.81. The summed E-state index contributed by atoms with van der Waals surface area (Å²) in [4.78, 5) is 2.74. The summed E-state index contributed by atoms with van der Waals surface area (Å²) < 4.78 is 5.70. The molecule has 3 nitrogen and oxygen atoms in total. The fourth-order valence-electron chi connectivity index (χ4n) is 5.64. The van der Waals surface area contributed by atoms with Crippen molar-refractivity contribution in [3.63, 3.8) is 0 Å². The van der Waals surface area contributed by atoms with Gasteiger partial charge in [-0.25, -0.2) is 0 Å². The van der Waals surface area contributed by atoms with Gasteiger partial charge in [0.25, 0.3) is 0 Å². The van der Waals surface area contributed by atoms with E-state index in [0.717, 1.165) is 23.1 Å². The Kier molecular flexibility index (Phi) is 5.57. The van der Waals surface area contributed by atoms with Crippen LogP contribution in [-0.2, 0) is 5.41 Å². The van der Waals surface area contributed by atoms with Crippen LogP contribution in [0.3, 0.4) is 0 Å². The summed E-state index contributed by atoms with van der Waals surface area (Å²) in [5.41, 5.74) is 3.97. The first-order chi connectivity index (χ1) is 13.6. The molecule has 3 heteroatoms. The van der Waals surface area contributed by atoms with E-state index in [1.165, 1.54) is 62.7 Å². The van der Waals surface area contributed by atoms with Gasteiger partial charge in [-0.1, -0.05) is 52.8 Å². The molecule has 1 saturated carbocycles. The SMILES string of the molecule is CC(C)(C)c1noc2cc(C3CC[C@H](CN4CCC(C(C)(C)C)CC4)C3)ccc12. The van der Waals surface area contributed by atoms with Crippen molar-refractivity contribution in [2.75, 3.05) is 19.6 Å². The standard InChI is InChI=1S/C26H40N2O/c1-25(2,3)21-11-13-28(14-12-21)17-18-7-8-19(15-18)20-9-10-22-23(16-20)29-27-24(22)26(4,5)6/h9-10,16,18-19,21H,7-8,11-15,17H2,1-6H3/t18-,19?/m0/s1. The average molecular weight is 397 g/mol. The third-order valence-electron chi connectivity index (χ3n) is 7.55. The third kappa shape index (κ3) is 4.55. The number of benzene rings is 1. The lowest BCUT2D eigenvalue weighted by atomic mass is 9.75. The maximum absolute atomic E-state index is 5.70. The monoisotopic (exact) mass is 396 g/mol. The van der Waals surface area contributed by atoms with E-state index in [-0.39, 0.29) is 5.41 Å². The minimum absolute atomic E-state index is 0.0195. The van der Waals surface area contributed by atoms with Gasteiger partial charge in [-0.2, -0.15) is 0 Å². The molecule has 0 spiro atoms. The molecule has 0 radical (unpaired) electrons. The molecule has 4 rings (SSSR count). The van der Waals surface area contributed by atoms with Crippen LogP contribution in [0, 0.1) is 17.3 Å². The van der Waals surface area contributed by atoms with Crippen molar-refractivity contribution in [1.82, 2.24) is 10.1 Å². The van der Waals surface area contributed by atoms with Crippen LogP contribution < -0.4 is 0 Å². The molecule has 2 atom stereocenters. The first-order valence-corrected chi connectivity index (χ1v) is 11.7. The lowest BCUT2D eigenvalue weighted by Gasteiger charge is -2.39. The van der Waals surface area contributed by atoms with Gasteiger partial charge in [0.05, 0.1) is 5.69 Å². The number of likely N-dealkylation sites (tertiary alicyclic amines) is 1. The maximum atomic E-state index is 5.70. The molecule has 1 saturated heterocycles. The Bertz CT molecular complexity index is 830. The van der Waals surface area contributed by atoms with Crippen molar-refractivity contribution >= 4 is 11.0 Å². The molecule has 160 valence electrons. The Hall–Kier alpha value is -1.35. The van der Waals surface area contributed by atoms with E-state index in [9.17, 15) is 0 Å². The second kappa shape index (κ2) is 7.72. The third-order valence-corrected chi connectivity index (χ3v) is 7.55. The fourth-order valence-corrected chi connectivity index (χ4v) is 5.64. The molecule has 2 fully saturated rings. The second-order valence-electron chi connectivity index (χ2n) is 11.9. The van der Waals surface area contributed by atoms with Crippen LogP contribution in [0.4, 0.5) is 0 Å². The van der Waals surface area contributed by atoms with E-state index in [4.69, 9.17) is 4.52 Å². The van der Waals surface area contributed by atoms with Gasteiger partial charge in [-0.05, 0) is 86.1 Å². The first kappa shape index (κ1) is 20.9. The van der Waals surface area contributed by atoms with Crippen molar-refractivity contribution in [1.29, 1.82) is 0 Å². The van der Waals surface area contributed by atoms with E-state index >= 15 is 0 Å². The Labute approximate surface area is 177 Å². The number of piperidine rings is 1. The van der Waals surface area contributed by atoms with Crippen molar-refractivity contribution in [3.05, 3.63) is 29.5 Å². The van der Waals surface area contributed by atoms with Crippen molar-refractivity contribution in [2.24, 2.45) is 17.3 Å². The second-order valence-corrected chi connectivity index (χ2v) is 11.9. The predicted octanol–water partition coefficient (Wildman–Crippen LogP) is 6.77. The van der Waals surface area contributed by atoms with Gasteiger partial charge in [-0.15, -0.1) is 0 Å². The molecule has 2 heterocycles. The molecular formula is C26H40N2O. The number of hydrogen-bond acceptors (Lipinski definition) is 3. The number of hydrogen-bond donors (Lipinski definition) is 0. The summed E-state index contributed by atoms with van der Waals surface area (Å²) >= 11 is 0. The lowest BCUT2D eigenvalue weighted by molar-refractivity contribution is 0.101. The van der Waals surface area contributed by atoms with Gasteiger partial charge < -0.3 is 9.42 Å². The van der Waals surface area contributed by atoms with Gasteiger partial charge >= 0.3 is 0 Å². The normalized spacial score (nSPS) is 25.2. The summed E-state index contributed by atoms with van der Waals surface area (Å²) in [5, 5.41) is 5.55. The van der Waals surface area contributed by atoms with E-state index < -0.39 is 0 Å². The summed E-state index contributed by atoms with van der Waals surface area (Å²) in [6, 6.07) is 6.84. The summed E-state index contributed by atoms with van der Waals surface area (Å²) in [5.74, 6) is 2.42. The van der Waals surface area contributed by atoms with Crippen LogP contribution in [-0.4, -0.2) is 29.7 Å². The predicted molar refractivity (Wildman–Crippen MR) is 121 cm³/mol. The van der Waals surface area contributed by atoms with Gasteiger partial charge in [0.2, 0.25) is 0 Å². The van der Waals surface area contributed by atoms with Crippen LogP contribution in [0.2, 0.25) is 0 Å². The van der Waals surface area contributed by atoms with Crippen LogP contribution in [0.15, 0.2) is 22.7 Å². The van der Waals surface area contributed by atoms with Gasteiger partial charge in [0.15, 0.2) is 5.58 Å². The van der Waals surface area contributed by atoms with Crippen LogP contribution in [0.1, 0.15) is 90.8 Å². The minimum Gasteiger partial charge on any atom is -0.356 e. The molecule has 29 heavy (non-hydrogen) atoms. The zero-order chi connectivity index (χ0) is 20.8. The summed E-state index contributed by atoms with van der Waals surface area (Å²) in [6.45, 7) is 17.7. The van der Waals surface area contributed by atoms with E-state index in [1.54, 1.807) is 0 Å².